The van der Waals surface area contributed by atoms with Crippen molar-refractivity contribution in [3.8, 4) is 0 Å². The number of rotatable bonds is 1. The van der Waals surface area contributed by atoms with E-state index in [1.54, 1.807) is 0 Å². The summed E-state index contributed by atoms with van der Waals surface area (Å²) in [4.78, 5) is 13.3. The first-order valence-electron chi connectivity index (χ1n) is 2.20. The minimum absolute atomic E-state index is 0.681. The van der Waals surface area contributed by atoms with Gasteiger partial charge >= 0.3 is 21.5 Å². The predicted octanol–water partition coefficient (Wildman–Crippen LogP) is -1.21. The first kappa shape index (κ1) is 7.16. The van der Waals surface area contributed by atoms with Crippen molar-refractivity contribution in [1.82, 2.24) is 0 Å². The van der Waals surface area contributed by atoms with E-state index in [4.69, 9.17) is 4.55 Å². The number of hydrogen-bond acceptors (Lipinski definition) is 4. The van der Waals surface area contributed by atoms with Gasteiger partial charge in [0.15, 0.2) is 6.40 Å². The lowest BCUT2D eigenvalue weighted by Crippen LogP contribution is -2.26. The predicted molar refractivity (Wildman–Crippen MR) is 29.9 cm³/mol. The van der Waals surface area contributed by atoms with Crippen LogP contribution < -0.4 is 0 Å². The fourth-order valence-corrected chi connectivity index (χ4v) is 0.960. The number of ether oxygens (including phenoxy) is 1. The molecule has 7 heteroatoms. The molecule has 0 aliphatic carbocycles. The largest absolute Gasteiger partial charge is 0.451 e. The second-order valence-electron chi connectivity index (χ2n) is 1.56. The first-order valence-corrected chi connectivity index (χ1v) is 3.70. The molecule has 1 N–H and O–H groups in total. The molecule has 0 fully saturated rings. The van der Waals surface area contributed by atoms with Gasteiger partial charge in [0.05, 0.1) is 0 Å². The number of amides is 1. The molecule has 6 nitrogen and oxygen atoms in total. The number of aliphatic imine (C=N–C) groups is 1. The molecule has 10 heavy (non-hydrogen) atoms. The SMILES string of the molecule is O=C1N=COC1S(=O)(=O)O. The van der Waals surface area contributed by atoms with Crippen LogP contribution in [0.2, 0.25) is 0 Å². The summed E-state index contributed by atoms with van der Waals surface area (Å²) < 4.78 is 32.7. The molecule has 0 saturated carbocycles. The fraction of sp³-hybridized carbons (Fsp3) is 0.333. The van der Waals surface area contributed by atoms with Crippen LogP contribution in [-0.2, 0) is 19.6 Å². The fourth-order valence-electron chi connectivity index (χ4n) is 0.454. The molecule has 56 valence electrons. The minimum atomic E-state index is -4.45. The summed E-state index contributed by atoms with van der Waals surface area (Å²) in [6.45, 7) is 0. The molecular weight excluding hydrogens is 162 g/mol. The van der Waals surface area contributed by atoms with Crippen LogP contribution in [0.15, 0.2) is 4.99 Å². The van der Waals surface area contributed by atoms with Crippen LogP contribution >= 0.6 is 0 Å². The van der Waals surface area contributed by atoms with Gasteiger partial charge in [-0.15, -0.1) is 0 Å². The topological polar surface area (TPSA) is 93.0 Å². The molecule has 1 rings (SSSR count). The zero-order valence-electron chi connectivity index (χ0n) is 4.59. The smallest absolute Gasteiger partial charge is 0.313 e. The Labute approximate surface area is 56.3 Å². The normalized spacial score (nSPS) is 24.9. The van der Waals surface area contributed by atoms with Crippen LogP contribution in [0.4, 0.5) is 0 Å². The summed E-state index contributed by atoms with van der Waals surface area (Å²) in [6.07, 6.45) is 0.681. The molecule has 0 bridgehead atoms. The van der Waals surface area contributed by atoms with Crippen molar-refractivity contribution in [3.63, 3.8) is 0 Å². The van der Waals surface area contributed by atoms with E-state index in [9.17, 15) is 13.2 Å². The van der Waals surface area contributed by atoms with E-state index in [-0.39, 0.29) is 0 Å². The molecule has 1 unspecified atom stereocenters. The third-order valence-corrected chi connectivity index (χ3v) is 1.69. The molecule has 0 spiro atoms. The average molecular weight is 165 g/mol. The average Bonchev–Trinajstić information content (AvgIpc) is 2.11. The molecule has 0 aromatic carbocycles. The standard InChI is InChI=1S/C3H3NO5S/c5-2-3(9-1-4-2)10(6,7)8/h1,3H,(H,6,7,8). The molecule has 1 atom stereocenters. The Morgan fingerprint density at radius 2 is 2.30 bits per heavy atom. The van der Waals surface area contributed by atoms with Gasteiger partial charge in [-0.2, -0.15) is 13.4 Å². The number of hydrogen-bond donors (Lipinski definition) is 1. The van der Waals surface area contributed by atoms with Gasteiger partial charge in [0.25, 0.3) is 0 Å². The second kappa shape index (κ2) is 2.03. The molecule has 0 saturated heterocycles. The van der Waals surface area contributed by atoms with E-state index in [1.807, 2.05) is 0 Å². The van der Waals surface area contributed by atoms with Crippen molar-refractivity contribution in [1.29, 1.82) is 0 Å². The Kier molecular flexibility index (Phi) is 1.45. The minimum Gasteiger partial charge on any atom is -0.451 e. The second-order valence-corrected chi connectivity index (χ2v) is 3.01. The van der Waals surface area contributed by atoms with Gasteiger partial charge in [0.2, 0.25) is 0 Å². The monoisotopic (exact) mass is 165 g/mol. The van der Waals surface area contributed by atoms with Crippen LogP contribution in [-0.4, -0.2) is 30.7 Å². The van der Waals surface area contributed by atoms with Gasteiger partial charge in [0, 0.05) is 0 Å². The summed E-state index contributed by atoms with van der Waals surface area (Å²) in [5, 5.41) is 0. The van der Waals surface area contributed by atoms with Gasteiger partial charge in [-0.1, -0.05) is 0 Å². The van der Waals surface area contributed by atoms with Crippen molar-refractivity contribution in [3.05, 3.63) is 0 Å². The Hall–Kier alpha value is -0.950. The first-order chi connectivity index (χ1) is 4.52. The highest BCUT2D eigenvalue weighted by molar-refractivity contribution is 7.87. The van der Waals surface area contributed by atoms with Crippen LogP contribution in [0.25, 0.3) is 0 Å². The van der Waals surface area contributed by atoms with Gasteiger partial charge in [-0.05, 0) is 0 Å². The lowest BCUT2D eigenvalue weighted by atomic mass is 10.7. The van der Waals surface area contributed by atoms with Crippen LogP contribution in [0.3, 0.4) is 0 Å². The summed E-state index contributed by atoms with van der Waals surface area (Å²) in [5.41, 5.74) is -1.85. The van der Waals surface area contributed by atoms with Gasteiger partial charge in [-0.25, -0.2) is 0 Å². The van der Waals surface area contributed by atoms with E-state index < -0.39 is 21.5 Å². The van der Waals surface area contributed by atoms with E-state index in [0.29, 0.717) is 6.40 Å². The lowest BCUT2D eigenvalue weighted by Gasteiger charge is -2.00. The molecule has 1 amide bonds. The highest BCUT2D eigenvalue weighted by Gasteiger charge is 2.35. The Morgan fingerprint density at radius 1 is 1.70 bits per heavy atom. The molecule has 0 aromatic heterocycles. The number of carbonyl (C=O) groups is 1. The summed E-state index contributed by atoms with van der Waals surface area (Å²) >= 11 is 0. The maximum atomic E-state index is 10.4. The molecule has 1 heterocycles. The van der Waals surface area contributed by atoms with E-state index in [2.05, 4.69) is 9.73 Å². The zero-order valence-corrected chi connectivity index (χ0v) is 5.41. The summed E-state index contributed by atoms with van der Waals surface area (Å²) in [5.74, 6) is -1.01. The third kappa shape index (κ3) is 1.14. The Bertz CT molecular complexity index is 277. The van der Waals surface area contributed by atoms with Crippen molar-refractivity contribution in [2.45, 2.75) is 5.44 Å². The molecule has 1 aliphatic heterocycles. The van der Waals surface area contributed by atoms with E-state index in [0.717, 1.165) is 0 Å². The Morgan fingerprint density at radius 3 is 2.50 bits per heavy atom. The van der Waals surface area contributed by atoms with Crippen molar-refractivity contribution in [2.75, 3.05) is 0 Å². The number of nitrogens with zero attached hydrogens (tertiary/aromatic N) is 1. The van der Waals surface area contributed by atoms with Gasteiger partial charge in [-0.3, -0.25) is 9.35 Å². The van der Waals surface area contributed by atoms with Crippen LogP contribution in [0, 0.1) is 0 Å². The number of carbonyl (C=O) groups excluding carboxylic acids is 1. The highest BCUT2D eigenvalue weighted by Crippen LogP contribution is 2.06. The summed E-state index contributed by atoms with van der Waals surface area (Å²) in [7, 11) is -4.45. The van der Waals surface area contributed by atoms with Crippen molar-refractivity contribution >= 4 is 22.4 Å². The van der Waals surface area contributed by atoms with E-state index in [1.165, 1.54) is 0 Å². The van der Waals surface area contributed by atoms with Crippen molar-refractivity contribution < 1.29 is 22.5 Å². The van der Waals surface area contributed by atoms with Gasteiger partial charge < -0.3 is 4.74 Å². The maximum Gasteiger partial charge on any atom is 0.313 e. The maximum absolute atomic E-state index is 10.4. The lowest BCUT2D eigenvalue weighted by molar-refractivity contribution is -0.119. The van der Waals surface area contributed by atoms with Crippen molar-refractivity contribution in [2.24, 2.45) is 4.99 Å². The zero-order chi connectivity index (χ0) is 7.78. The highest BCUT2D eigenvalue weighted by atomic mass is 32.2. The van der Waals surface area contributed by atoms with E-state index >= 15 is 0 Å². The quantitative estimate of drug-likeness (QED) is 0.492. The molecule has 0 radical (unpaired) electrons. The summed E-state index contributed by atoms with van der Waals surface area (Å²) in [6, 6.07) is 0. The third-order valence-electron chi connectivity index (χ3n) is 0.837. The van der Waals surface area contributed by atoms with Gasteiger partial charge in [0.1, 0.15) is 0 Å². The van der Waals surface area contributed by atoms with Crippen LogP contribution in [0.1, 0.15) is 0 Å². The molecular formula is C3H3NO5S. The van der Waals surface area contributed by atoms with Crippen LogP contribution in [0.5, 0.6) is 0 Å². The molecule has 1 aliphatic rings. The molecule has 0 aromatic rings. The Balaban J connectivity index is 2.90.